The van der Waals surface area contributed by atoms with Crippen molar-refractivity contribution in [1.29, 1.82) is 0 Å². The first-order valence-corrected chi connectivity index (χ1v) is 9.63. The molecule has 0 N–H and O–H groups in total. The number of hydrogen-bond donors (Lipinski definition) is 0. The van der Waals surface area contributed by atoms with E-state index < -0.39 is 30.6 Å². The van der Waals surface area contributed by atoms with E-state index in [2.05, 4.69) is 0 Å². The minimum atomic E-state index is -4.25. The van der Waals surface area contributed by atoms with Gasteiger partial charge >= 0.3 is 6.18 Å². The van der Waals surface area contributed by atoms with Gasteiger partial charge in [0, 0.05) is 26.0 Å². The highest BCUT2D eigenvalue weighted by molar-refractivity contribution is 5.78. The minimum Gasteiger partial charge on any atom is -0.371 e. The minimum absolute atomic E-state index is 0.0233. The molecule has 1 saturated heterocycles. The summed E-state index contributed by atoms with van der Waals surface area (Å²) in [5.74, 6) is -0.442. The van der Waals surface area contributed by atoms with Gasteiger partial charge in [0.05, 0.1) is 6.04 Å². The van der Waals surface area contributed by atoms with Gasteiger partial charge in [-0.1, -0.05) is 42.5 Å². The fourth-order valence-electron chi connectivity index (χ4n) is 3.64. The molecule has 1 aliphatic heterocycles. The molecule has 7 heteroatoms. The average Bonchev–Trinajstić information content (AvgIpc) is 3.10. The van der Waals surface area contributed by atoms with Crippen molar-refractivity contribution in [3.05, 3.63) is 71.5 Å². The van der Waals surface area contributed by atoms with Crippen molar-refractivity contribution in [3.63, 3.8) is 0 Å². The van der Waals surface area contributed by atoms with Crippen LogP contribution in [0.3, 0.4) is 0 Å². The van der Waals surface area contributed by atoms with Crippen LogP contribution in [0.5, 0.6) is 0 Å². The monoisotopic (exact) mass is 409 g/mol. The van der Waals surface area contributed by atoms with E-state index in [9.17, 15) is 22.4 Å². The molecule has 0 saturated carbocycles. The molecule has 0 spiro atoms. The van der Waals surface area contributed by atoms with Gasteiger partial charge in [0.25, 0.3) is 0 Å². The first kappa shape index (κ1) is 21.3. The molecule has 1 fully saturated rings. The van der Waals surface area contributed by atoms with Gasteiger partial charge < -0.3 is 9.64 Å². The van der Waals surface area contributed by atoms with Gasteiger partial charge in [-0.15, -0.1) is 0 Å². The number of rotatable bonds is 8. The molecule has 156 valence electrons. The van der Waals surface area contributed by atoms with Crippen molar-refractivity contribution >= 4 is 5.91 Å². The van der Waals surface area contributed by atoms with Crippen LogP contribution in [-0.2, 0) is 9.53 Å². The second-order valence-electron chi connectivity index (χ2n) is 7.11. The van der Waals surface area contributed by atoms with Crippen LogP contribution in [0.4, 0.5) is 17.6 Å². The molecule has 3 nitrogen and oxygen atoms in total. The summed E-state index contributed by atoms with van der Waals surface area (Å²) in [4.78, 5) is 14.2. The Hall–Kier alpha value is -2.41. The summed E-state index contributed by atoms with van der Waals surface area (Å²) in [5, 5.41) is 0. The van der Waals surface area contributed by atoms with Crippen molar-refractivity contribution in [3.8, 4) is 0 Å². The zero-order valence-electron chi connectivity index (χ0n) is 15.9. The van der Waals surface area contributed by atoms with E-state index in [1.807, 2.05) is 30.3 Å². The molecule has 0 aliphatic carbocycles. The van der Waals surface area contributed by atoms with Crippen LogP contribution in [0.25, 0.3) is 0 Å². The van der Waals surface area contributed by atoms with E-state index in [4.69, 9.17) is 4.74 Å². The van der Waals surface area contributed by atoms with E-state index in [1.54, 1.807) is 17.0 Å². The normalized spacial score (nSPS) is 16.8. The first-order valence-electron chi connectivity index (χ1n) is 9.63. The third-order valence-corrected chi connectivity index (χ3v) is 4.97. The summed E-state index contributed by atoms with van der Waals surface area (Å²) in [5.41, 5.74) is 1.44. The zero-order valence-corrected chi connectivity index (χ0v) is 15.9. The predicted octanol–water partition coefficient (Wildman–Crippen LogP) is 5.59. The molecule has 2 atom stereocenters. The van der Waals surface area contributed by atoms with E-state index >= 15 is 0 Å². The predicted molar refractivity (Wildman–Crippen MR) is 101 cm³/mol. The summed E-state index contributed by atoms with van der Waals surface area (Å²) >= 11 is 0. The number of amides is 1. The summed E-state index contributed by atoms with van der Waals surface area (Å²) in [6.07, 6.45) is -4.94. The fraction of sp³-hybridized carbons (Fsp3) is 0.409. The largest absolute Gasteiger partial charge is 0.389 e. The molecule has 1 heterocycles. The van der Waals surface area contributed by atoms with Crippen molar-refractivity contribution in [1.82, 2.24) is 4.90 Å². The number of alkyl halides is 3. The van der Waals surface area contributed by atoms with Crippen LogP contribution < -0.4 is 0 Å². The highest BCUT2D eigenvalue weighted by Gasteiger charge is 2.36. The number of halogens is 4. The Bertz CT molecular complexity index is 793. The van der Waals surface area contributed by atoms with Gasteiger partial charge in [0.15, 0.2) is 0 Å². The van der Waals surface area contributed by atoms with Gasteiger partial charge in [0.1, 0.15) is 11.9 Å². The molecule has 3 rings (SSSR count). The molecular weight excluding hydrogens is 386 g/mol. The summed E-state index contributed by atoms with van der Waals surface area (Å²) < 4.78 is 56.9. The Morgan fingerprint density at radius 3 is 2.28 bits per heavy atom. The number of benzene rings is 2. The number of carbonyl (C=O) groups excluding carboxylic acids is 1. The van der Waals surface area contributed by atoms with Crippen LogP contribution in [0.1, 0.15) is 49.0 Å². The molecule has 2 aromatic carbocycles. The van der Waals surface area contributed by atoms with Gasteiger partial charge in [-0.2, -0.15) is 13.2 Å². The molecule has 1 amide bonds. The van der Waals surface area contributed by atoms with Crippen LogP contribution in [0.15, 0.2) is 54.6 Å². The van der Waals surface area contributed by atoms with Crippen molar-refractivity contribution < 1.29 is 27.1 Å². The maximum atomic E-state index is 13.4. The maximum absolute atomic E-state index is 13.4. The topological polar surface area (TPSA) is 29.5 Å². The lowest BCUT2D eigenvalue weighted by Gasteiger charge is -2.35. The molecule has 0 radical (unpaired) electrons. The molecule has 2 aromatic rings. The maximum Gasteiger partial charge on any atom is 0.389 e. The summed E-state index contributed by atoms with van der Waals surface area (Å²) in [7, 11) is 0. The molecular formula is C22H23F4NO2. The number of likely N-dealkylation sites (tertiary alicyclic amines) is 1. The molecule has 1 aliphatic rings. The van der Waals surface area contributed by atoms with Crippen molar-refractivity contribution in [2.45, 2.75) is 44.0 Å². The SMILES string of the molecule is O=C1CCCN1C(c1ccccc1)[C@@H](OCCCC(F)(F)F)c1ccc(F)cc1. The molecule has 29 heavy (non-hydrogen) atoms. The van der Waals surface area contributed by atoms with E-state index in [-0.39, 0.29) is 18.9 Å². The van der Waals surface area contributed by atoms with Gasteiger partial charge in [0.2, 0.25) is 5.91 Å². The van der Waals surface area contributed by atoms with Crippen LogP contribution >= 0.6 is 0 Å². The Morgan fingerprint density at radius 2 is 1.69 bits per heavy atom. The summed E-state index contributed by atoms with van der Waals surface area (Å²) in [6, 6.07) is 14.5. The standard InChI is InChI=1S/C22H23F4NO2/c23-18-11-9-17(10-12-18)21(29-15-5-13-22(24,25)26)20(16-6-2-1-3-7-16)27-14-4-8-19(27)28/h1-3,6-7,9-12,20-21H,4-5,8,13-15H2/t20?,21-/m0/s1. The van der Waals surface area contributed by atoms with Gasteiger partial charge in [-0.25, -0.2) is 4.39 Å². The molecule has 1 unspecified atom stereocenters. The Balaban J connectivity index is 1.91. The average molecular weight is 409 g/mol. The number of hydrogen-bond acceptors (Lipinski definition) is 2. The van der Waals surface area contributed by atoms with E-state index in [1.165, 1.54) is 12.1 Å². The third-order valence-electron chi connectivity index (χ3n) is 4.97. The van der Waals surface area contributed by atoms with Crippen molar-refractivity contribution in [2.24, 2.45) is 0 Å². The smallest absolute Gasteiger partial charge is 0.371 e. The third kappa shape index (κ3) is 5.79. The zero-order chi connectivity index (χ0) is 20.9. The number of carbonyl (C=O) groups is 1. The highest BCUT2D eigenvalue weighted by Crippen LogP contribution is 2.39. The van der Waals surface area contributed by atoms with Gasteiger partial charge in [-0.3, -0.25) is 4.79 Å². The fourth-order valence-corrected chi connectivity index (χ4v) is 3.64. The number of ether oxygens (including phenoxy) is 1. The van der Waals surface area contributed by atoms with E-state index in [0.717, 1.165) is 5.56 Å². The summed E-state index contributed by atoms with van der Waals surface area (Å²) in [6.45, 7) is 0.426. The second kappa shape index (κ2) is 9.39. The quantitative estimate of drug-likeness (QED) is 0.420. The lowest BCUT2D eigenvalue weighted by Crippen LogP contribution is -2.35. The van der Waals surface area contributed by atoms with Gasteiger partial charge in [-0.05, 0) is 36.1 Å². The van der Waals surface area contributed by atoms with E-state index in [0.29, 0.717) is 24.9 Å². The second-order valence-corrected chi connectivity index (χ2v) is 7.11. The van der Waals surface area contributed by atoms with Crippen LogP contribution in [0, 0.1) is 5.82 Å². The lowest BCUT2D eigenvalue weighted by atomic mass is 9.94. The Kier molecular flexibility index (Phi) is 6.90. The van der Waals surface area contributed by atoms with Crippen LogP contribution in [-0.4, -0.2) is 30.1 Å². The lowest BCUT2D eigenvalue weighted by molar-refractivity contribution is -0.141. The molecule has 0 aromatic heterocycles. The first-order chi connectivity index (χ1) is 13.8. The number of nitrogens with zero attached hydrogens (tertiary/aromatic N) is 1. The van der Waals surface area contributed by atoms with Crippen LogP contribution in [0.2, 0.25) is 0 Å². The molecule has 0 bridgehead atoms. The van der Waals surface area contributed by atoms with Crippen molar-refractivity contribution in [2.75, 3.05) is 13.2 Å². The Labute approximate surface area is 167 Å². The Morgan fingerprint density at radius 1 is 1.00 bits per heavy atom. The highest BCUT2D eigenvalue weighted by atomic mass is 19.4.